The van der Waals surface area contributed by atoms with E-state index in [9.17, 15) is 4.79 Å². The topological polar surface area (TPSA) is 65.5 Å². The molecule has 0 bridgehead atoms. The zero-order valence-electron chi connectivity index (χ0n) is 10.9. The Balaban J connectivity index is 2.02. The van der Waals surface area contributed by atoms with E-state index in [2.05, 4.69) is 0 Å². The van der Waals surface area contributed by atoms with Crippen LogP contribution in [0.1, 0.15) is 16.6 Å². The second-order valence-corrected chi connectivity index (χ2v) is 5.32. The number of hydrogen-bond donors (Lipinski definition) is 1. The van der Waals surface area contributed by atoms with Crippen LogP contribution in [0.4, 0.5) is 5.69 Å². The molecule has 0 unspecified atom stereocenters. The molecule has 0 spiro atoms. The average Bonchev–Trinajstić information content (AvgIpc) is 3.02. The van der Waals surface area contributed by atoms with Gasteiger partial charge in [-0.05, 0) is 25.1 Å². The molecular formula is C15H13NO3S. The first-order valence-corrected chi connectivity index (χ1v) is 7.06. The highest BCUT2D eigenvalue weighted by molar-refractivity contribution is 7.17. The van der Waals surface area contributed by atoms with Crippen molar-refractivity contribution in [2.24, 2.45) is 0 Å². The van der Waals surface area contributed by atoms with Crippen LogP contribution in [0.25, 0.3) is 21.6 Å². The van der Waals surface area contributed by atoms with E-state index in [1.54, 1.807) is 13.0 Å². The van der Waals surface area contributed by atoms with E-state index < -0.39 is 5.97 Å². The van der Waals surface area contributed by atoms with Gasteiger partial charge in [0.25, 0.3) is 0 Å². The number of anilines is 1. The van der Waals surface area contributed by atoms with Gasteiger partial charge in [0.1, 0.15) is 16.2 Å². The van der Waals surface area contributed by atoms with Crippen LogP contribution < -0.4 is 5.73 Å². The van der Waals surface area contributed by atoms with Crippen molar-refractivity contribution in [3.8, 4) is 10.6 Å². The molecule has 0 saturated heterocycles. The SMILES string of the molecule is CCOC(=O)c1sc(-c2cc3ccccc3o2)cc1N. The van der Waals surface area contributed by atoms with Gasteiger partial charge in [0.2, 0.25) is 0 Å². The van der Waals surface area contributed by atoms with Gasteiger partial charge in [-0.3, -0.25) is 0 Å². The summed E-state index contributed by atoms with van der Waals surface area (Å²) >= 11 is 1.28. The number of nitrogens with two attached hydrogens (primary N) is 1. The number of esters is 1. The lowest BCUT2D eigenvalue weighted by Gasteiger charge is -1.98. The molecule has 3 aromatic rings. The first-order valence-electron chi connectivity index (χ1n) is 6.24. The van der Waals surface area contributed by atoms with E-state index in [1.165, 1.54) is 11.3 Å². The van der Waals surface area contributed by atoms with Crippen molar-refractivity contribution in [2.75, 3.05) is 12.3 Å². The van der Waals surface area contributed by atoms with E-state index in [0.717, 1.165) is 15.8 Å². The highest BCUT2D eigenvalue weighted by Crippen LogP contribution is 2.36. The minimum Gasteiger partial charge on any atom is -0.462 e. The molecule has 0 aliphatic rings. The fourth-order valence-corrected chi connectivity index (χ4v) is 2.91. The van der Waals surface area contributed by atoms with E-state index in [1.807, 2.05) is 30.3 Å². The van der Waals surface area contributed by atoms with Crippen LogP contribution in [0.3, 0.4) is 0 Å². The van der Waals surface area contributed by atoms with Crippen LogP contribution in [0.15, 0.2) is 40.8 Å². The number of hydrogen-bond acceptors (Lipinski definition) is 5. The van der Waals surface area contributed by atoms with Gasteiger partial charge in [-0.1, -0.05) is 18.2 Å². The molecule has 0 aliphatic carbocycles. The van der Waals surface area contributed by atoms with Crippen molar-refractivity contribution >= 4 is 34.0 Å². The fourth-order valence-electron chi connectivity index (χ4n) is 1.99. The third-order valence-electron chi connectivity index (χ3n) is 2.89. The molecule has 0 saturated carbocycles. The van der Waals surface area contributed by atoms with Crippen molar-refractivity contribution in [1.29, 1.82) is 0 Å². The van der Waals surface area contributed by atoms with E-state index >= 15 is 0 Å². The van der Waals surface area contributed by atoms with E-state index in [-0.39, 0.29) is 0 Å². The number of benzene rings is 1. The number of nitrogen functional groups attached to an aromatic ring is 1. The van der Waals surface area contributed by atoms with E-state index in [4.69, 9.17) is 14.9 Å². The van der Waals surface area contributed by atoms with Gasteiger partial charge in [0, 0.05) is 5.39 Å². The third kappa shape index (κ3) is 2.16. The summed E-state index contributed by atoms with van der Waals surface area (Å²) in [5, 5.41) is 1.02. The summed E-state index contributed by atoms with van der Waals surface area (Å²) in [6, 6.07) is 11.4. The Labute approximate surface area is 119 Å². The summed E-state index contributed by atoms with van der Waals surface area (Å²) in [5.41, 5.74) is 7.10. The minimum atomic E-state index is -0.391. The summed E-state index contributed by atoms with van der Waals surface area (Å²) in [7, 11) is 0. The summed E-state index contributed by atoms with van der Waals surface area (Å²) in [5.74, 6) is 0.316. The zero-order chi connectivity index (χ0) is 14.1. The Morgan fingerprint density at radius 3 is 2.90 bits per heavy atom. The van der Waals surface area contributed by atoms with Crippen LogP contribution >= 0.6 is 11.3 Å². The summed E-state index contributed by atoms with van der Waals surface area (Å²) in [6.07, 6.45) is 0. The molecule has 4 nitrogen and oxygen atoms in total. The Bertz CT molecular complexity index is 739. The van der Waals surface area contributed by atoms with Crippen LogP contribution in [0, 0.1) is 0 Å². The normalized spacial score (nSPS) is 10.8. The minimum absolute atomic E-state index is 0.330. The molecule has 2 N–H and O–H groups in total. The number of carbonyl (C=O) groups is 1. The number of carbonyl (C=O) groups excluding carboxylic acids is 1. The van der Waals surface area contributed by atoms with Gasteiger partial charge in [0.05, 0.1) is 17.2 Å². The summed E-state index contributed by atoms with van der Waals surface area (Å²) in [4.78, 5) is 13.0. The van der Waals surface area contributed by atoms with Gasteiger partial charge in [-0.2, -0.15) is 0 Å². The molecular weight excluding hydrogens is 274 g/mol. The summed E-state index contributed by atoms with van der Waals surface area (Å²) < 4.78 is 10.7. The van der Waals surface area contributed by atoms with Crippen LogP contribution in [-0.2, 0) is 4.74 Å². The Kier molecular flexibility index (Phi) is 3.20. The lowest BCUT2D eigenvalue weighted by Crippen LogP contribution is -2.04. The van der Waals surface area contributed by atoms with Gasteiger partial charge in [0.15, 0.2) is 0 Å². The lowest BCUT2D eigenvalue weighted by molar-refractivity contribution is 0.0533. The molecule has 2 heterocycles. The Morgan fingerprint density at radius 1 is 1.35 bits per heavy atom. The largest absolute Gasteiger partial charge is 0.462 e. The van der Waals surface area contributed by atoms with Crippen molar-refractivity contribution in [2.45, 2.75) is 6.92 Å². The van der Waals surface area contributed by atoms with Crippen molar-refractivity contribution in [1.82, 2.24) is 0 Å². The molecule has 0 aliphatic heterocycles. The van der Waals surface area contributed by atoms with Crippen molar-refractivity contribution < 1.29 is 13.9 Å². The van der Waals surface area contributed by atoms with Crippen LogP contribution in [0.2, 0.25) is 0 Å². The summed E-state index contributed by atoms with van der Waals surface area (Å²) in [6.45, 7) is 2.10. The quantitative estimate of drug-likeness (QED) is 0.741. The average molecular weight is 287 g/mol. The molecule has 0 atom stereocenters. The monoisotopic (exact) mass is 287 g/mol. The molecule has 20 heavy (non-hydrogen) atoms. The zero-order valence-corrected chi connectivity index (χ0v) is 11.7. The smallest absolute Gasteiger partial charge is 0.350 e. The maximum atomic E-state index is 11.8. The number of thiophene rings is 1. The first-order chi connectivity index (χ1) is 9.69. The molecule has 1 aromatic carbocycles. The second kappa shape index (κ2) is 5.02. The first kappa shape index (κ1) is 12.7. The molecule has 2 aromatic heterocycles. The molecule has 0 amide bonds. The highest BCUT2D eigenvalue weighted by atomic mass is 32.1. The maximum Gasteiger partial charge on any atom is 0.350 e. The molecule has 102 valence electrons. The highest BCUT2D eigenvalue weighted by Gasteiger charge is 2.18. The number of para-hydroxylation sites is 1. The second-order valence-electron chi connectivity index (χ2n) is 4.26. The van der Waals surface area contributed by atoms with E-state index in [0.29, 0.717) is 22.9 Å². The molecule has 3 rings (SSSR count). The van der Waals surface area contributed by atoms with Crippen molar-refractivity contribution in [3.63, 3.8) is 0 Å². The standard InChI is InChI=1S/C15H13NO3S/c1-2-18-15(17)14-10(16)8-13(20-14)12-7-9-5-3-4-6-11(9)19-12/h3-8H,2,16H2,1H3. The number of furan rings is 1. The van der Waals surface area contributed by atoms with Gasteiger partial charge >= 0.3 is 5.97 Å². The number of ether oxygens (including phenoxy) is 1. The van der Waals surface area contributed by atoms with Gasteiger partial charge in [-0.25, -0.2) is 4.79 Å². The lowest BCUT2D eigenvalue weighted by atomic mass is 10.2. The predicted molar refractivity (Wildman–Crippen MR) is 79.9 cm³/mol. The van der Waals surface area contributed by atoms with Gasteiger partial charge in [-0.15, -0.1) is 11.3 Å². The molecule has 0 radical (unpaired) electrons. The number of fused-ring (bicyclic) bond motifs is 1. The molecule has 5 heteroatoms. The van der Waals surface area contributed by atoms with Crippen molar-refractivity contribution in [3.05, 3.63) is 41.3 Å². The van der Waals surface area contributed by atoms with Gasteiger partial charge < -0.3 is 14.9 Å². The Hall–Kier alpha value is -2.27. The third-order valence-corrected chi connectivity index (χ3v) is 4.04. The predicted octanol–water partition coefficient (Wildman–Crippen LogP) is 3.92. The Morgan fingerprint density at radius 2 is 2.15 bits per heavy atom. The van der Waals surface area contributed by atoms with Crippen LogP contribution in [0.5, 0.6) is 0 Å². The number of rotatable bonds is 3. The van der Waals surface area contributed by atoms with Crippen LogP contribution in [-0.4, -0.2) is 12.6 Å². The molecule has 0 fully saturated rings. The fraction of sp³-hybridized carbons (Fsp3) is 0.133. The maximum absolute atomic E-state index is 11.8.